The predicted octanol–water partition coefficient (Wildman–Crippen LogP) is 2.70. The molecule has 2 rings (SSSR count). The summed E-state index contributed by atoms with van der Waals surface area (Å²) >= 11 is 3.81. The second-order valence-corrected chi connectivity index (χ2v) is 5.66. The Morgan fingerprint density at radius 1 is 1.53 bits per heavy atom. The van der Waals surface area contributed by atoms with Crippen molar-refractivity contribution in [1.29, 1.82) is 0 Å². The molecule has 0 aromatic carbocycles. The highest BCUT2D eigenvalue weighted by Crippen LogP contribution is 2.33. The van der Waals surface area contributed by atoms with Crippen LogP contribution >= 0.6 is 15.9 Å². The van der Waals surface area contributed by atoms with Gasteiger partial charge in [-0.1, -0.05) is 34.0 Å². The van der Waals surface area contributed by atoms with Gasteiger partial charge < -0.3 is 0 Å². The van der Waals surface area contributed by atoms with Crippen LogP contribution < -0.4 is 0 Å². The van der Waals surface area contributed by atoms with E-state index in [1.807, 2.05) is 13.2 Å². The summed E-state index contributed by atoms with van der Waals surface area (Å²) in [6.07, 6.45) is 9.86. The van der Waals surface area contributed by atoms with Crippen molar-refractivity contribution >= 4 is 15.9 Å². The van der Waals surface area contributed by atoms with Crippen molar-refractivity contribution in [3.05, 3.63) is 11.9 Å². The molecular weight excluding hydrogens is 254 g/mol. The van der Waals surface area contributed by atoms with Crippen molar-refractivity contribution in [3.63, 3.8) is 0 Å². The molecule has 1 aliphatic carbocycles. The summed E-state index contributed by atoms with van der Waals surface area (Å²) in [7, 11) is 1.92. The average Bonchev–Trinajstić information content (AvgIpc) is 2.84. The van der Waals surface area contributed by atoms with Crippen LogP contribution in [-0.2, 0) is 13.5 Å². The van der Waals surface area contributed by atoms with E-state index in [0.717, 1.165) is 18.0 Å². The van der Waals surface area contributed by atoms with Crippen LogP contribution in [0.4, 0.5) is 0 Å². The Balaban J connectivity index is 1.77. The van der Waals surface area contributed by atoms with Gasteiger partial charge >= 0.3 is 0 Å². The molecule has 1 fully saturated rings. The minimum Gasteiger partial charge on any atom is -0.255 e. The first-order valence-corrected chi connectivity index (χ1v) is 6.66. The molecule has 1 atom stereocenters. The van der Waals surface area contributed by atoms with E-state index in [1.54, 1.807) is 4.68 Å². The molecule has 4 heteroatoms. The van der Waals surface area contributed by atoms with E-state index in [9.17, 15) is 0 Å². The summed E-state index contributed by atoms with van der Waals surface area (Å²) in [5.41, 5.74) is 1.11. The minimum absolute atomic E-state index is 0.669. The van der Waals surface area contributed by atoms with Crippen molar-refractivity contribution in [2.75, 3.05) is 0 Å². The van der Waals surface area contributed by atoms with E-state index in [2.05, 4.69) is 26.2 Å². The third kappa shape index (κ3) is 3.03. The van der Waals surface area contributed by atoms with Gasteiger partial charge in [0.1, 0.15) is 0 Å². The highest BCUT2D eigenvalue weighted by atomic mass is 79.9. The van der Waals surface area contributed by atoms with Gasteiger partial charge in [0.05, 0.1) is 5.69 Å². The lowest BCUT2D eigenvalue weighted by Gasteiger charge is -2.15. The van der Waals surface area contributed by atoms with Crippen molar-refractivity contribution in [3.8, 4) is 0 Å². The minimum atomic E-state index is 0.669. The zero-order valence-electron chi connectivity index (χ0n) is 9.19. The molecule has 0 saturated heterocycles. The third-order valence-electron chi connectivity index (χ3n) is 3.24. The molecule has 1 saturated carbocycles. The summed E-state index contributed by atoms with van der Waals surface area (Å²) in [6.45, 7) is 0. The Morgan fingerprint density at radius 2 is 2.27 bits per heavy atom. The smallest absolute Gasteiger partial charge is 0.0827 e. The normalized spacial score (nSPS) is 19.6. The van der Waals surface area contributed by atoms with E-state index in [0.29, 0.717) is 4.83 Å². The molecular formula is C11H18BrN3. The number of halogens is 1. The number of alkyl halides is 1. The Bertz CT molecular complexity index is 305. The molecule has 15 heavy (non-hydrogen) atoms. The Morgan fingerprint density at radius 3 is 2.87 bits per heavy atom. The van der Waals surface area contributed by atoms with Crippen LogP contribution in [0, 0.1) is 5.92 Å². The zero-order valence-corrected chi connectivity index (χ0v) is 10.8. The van der Waals surface area contributed by atoms with Gasteiger partial charge in [0, 0.05) is 18.1 Å². The monoisotopic (exact) mass is 271 g/mol. The second kappa shape index (κ2) is 5.10. The molecule has 1 aromatic heterocycles. The number of hydrogen-bond acceptors (Lipinski definition) is 2. The lowest BCUT2D eigenvalue weighted by Crippen LogP contribution is -2.11. The van der Waals surface area contributed by atoms with E-state index in [4.69, 9.17) is 0 Å². The van der Waals surface area contributed by atoms with Crippen LogP contribution in [0.2, 0.25) is 0 Å². The maximum absolute atomic E-state index is 4.11. The fourth-order valence-corrected chi connectivity index (χ4v) is 3.11. The standard InChI is InChI=1S/C11H18BrN3/c1-15-8-10(13-14-15)6-7-11(12)9-4-2-3-5-9/h8-9,11H,2-7H2,1H3. The molecule has 1 aromatic rings. The van der Waals surface area contributed by atoms with Gasteiger partial charge in [0.2, 0.25) is 0 Å². The molecule has 1 aliphatic rings. The van der Waals surface area contributed by atoms with Crippen molar-refractivity contribution in [1.82, 2.24) is 15.0 Å². The Hall–Kier alpha value is -0.380. The first-order chi connectivity index (χ1) is 7.25. The molecule has 0 bridgehead atoms. The van der Waals surface area contributed by atoms with Crippen LogP contribution in [0.25, 0.3) is 0 Å². The van der Waals surface area contributed by atoms with Gasteiger partial charge in [-0.2, -0.15) is 0 Å². The number of aryl methyl sites for hydroxylation is 2. The summed E-state index contributed by atoms with van der Waals surface area (Å²) in [6, 6.07) is 0. The van der Waals surface area contributed by atoms with Crippen molar-refractivity contribution < 1.29 is 0 Å². The quantitative estimate of drug-likeness (QED) is 0.789. The Kier molecular flexibility index (Phi) is 3.78. The van der Waals surface area contributed by atoms with Crippen molar-refractivity contribution in [2.24, 2.45) is 13.0 Å². The van der Waals surface area contributed by atoms with Gasteiger partial charge in [0.15, 0.2) is 0 Å². The molecule has 84 valence electrons. The number of aromatic nitrogens is 3. The maximum Gasteiger partial charge on any atom is 0.0827 e. The maximum atomic E-state index is 4.11. The van der Waals surface area contributed by atoms with E-state index < -0.39 is 0 Å². The van der Waals surface area contributed by atoms with Crippen LogP contribution in [0.15, 0.2) is 6.20 Å². The summed E-state index contributed by atoms with van der Waals surface area (Å²) in [4.78, 5) is 0.669. The summed E-state index contributed by atoms with van der Waals surface area (Å²) in [5, 5.41) is 8.05. The Labute approximate surface area is 99.4 Å². The van der Waals surface area contributed by atoms with Gasteiger partial charge in [-0.3, -0.25) is 4.68 Å². The predicted molar refractivity (Wildman–Crippen MR) is 64.0 cm³/mol. The van der Waals surface area contributed by atoms with Crippen molar-refractivity contribution in [2.45, 2.75) is 43.4 Å². The lowest BCUT2D eigenvalue weighted by molar-refractivity contribution is 0.504. The molecule has 0 spiro atoms. The lowest BCUT2D eigenvalue weighted by atomic mass is 10.00. The molecule has 1 unspecified atom stereocenters. The third-order valence-corrected chi connectivity index (χ3v) is 4.44. The summed E-state index contributed by atoms with van der Waals surface area (Å²) in [5.74, 6) is 0.890. The highest BCUT2D eigenvalue weighted by Gasteiger charge is 2.22. The van der Waals surface area contributed by atoms with Crippen LogP contribution in [0.1, 0.15) is 37.8 Å². The van der Waals surface area contributed by atoms with E-state index >= 15 is 0 Å². The number of hydrogen-bond donors (Lipinski definition) is 0. The highest BCUT2D eigenvalue weighted by molar-refractivity contribution is 9.09. The van der Waals surface area contributed by atoms with Gasteiger partial charge in [-0.15, -0.1) is 5.10 Å². The number of nitrogens with zero attached hydrogens (tertiary/aromatic N) is 3. The molecule has 0 aliphatic heterocycles. The van der Waals surface area contributed by atoms with Crippen LogP contribution in [-0.4, -0.2) is 19.8 Å². The largest absolute Gasteiger partial charge is 0.255 e. The first-order valence-electron chi connectivity index (χ1n) is 5.75. The fraction of sp³-hybridized carbons (Fsp3) is 0.818. The summed E-state index contributed by atoms with van der Waals surface area (Å²) < 4.78 is 1.77. The van der Waals surface area contributed by atoms with Crippen LogP contribution in [0.5, 0.6) is 0 Å². The van der Waals surface area contributed by atoms with Gasteiger partial charge in [-0.25, -0.2) is 0 Å². The fourth-order valence-electron chi connectivity index (χ4n) is 2.35. The van der Waals surface area contributed by atoms with E-state index in [1.165, 1.54) is 32.1 Å². The molecule has 1 heterocycles. The second-order valence-electron chi connectivity index (χ2n) is 4.48. The zero-order chi connectivity index (χ0) is 10.7. The van der Waals surface area contributed by atoms with Crippen LogP contribution in [0.3, 0.4) is 0 Å². The molecule has 0 amide bonds. The van der Waals surface area contributed by atoms with Gasteiger partial charge in [0.25, 0.3) is 0 Å². The first kappa shape index (κ1) is 11.1. The average molecular weight is 272 g/mol. The topological polar surface area (TPSA) is 30.7 Å². The molecule has 3 nitrogen and oxygen atoms in total. The SMILES string of the molecule is Cn1cc(CCC(Br)C2CCCC2)nn1. The van der Waals surface area contributed by atoms with Gasteiger partial charge in [-0.05, 0) is 31.6 Å². The number of rotatable bonds is 4. The molecule has 0 radical (unpaired) electrons. The molecule has 0 N–H and O–H groups in total. The van der Waals surface area contributed by atoms with E-state index in [-0.39, 0.29) is 0 Å².